The summed E-state index contributed by atoms with van der Waals surface area (Å²) in [5.74, 6) is 6.37. The fourth-order valence-electron chi connectivity index (χ4n) is 3.31. The van der Waals surface area contributed by atoms with Crippen LogP contribution < -0.4 is 11.3 Å². The molecule has 4 unspecified atom stereocenters. The molecule has 4 atom stereocenters. The molecule has 2 aliphatic rings. The molecule has 2 aliphatic heterocycles. The van der Waals surface area contributed by atoms with Crippen molar-refractivity contribution in [3.05, 3.63) is 0 Å². The average Bonchev–Trinajstić information content (AvgIpc) is 2.91. The molecular formula is C13H26N2O. The highest BCUT2D eigenvalue weighted by Gasteiger charge is 2.43. The lowest BCUT2D eigenvalue weighted by Crippen LogP contribution is -2.44. The number of ether oxygens (including phenoxy) is 1. The van der Waals surface area contributed by atoms with E-state index >= 15 is 0 Å². The van der Waals surface area contributed by atoms with Crippen molar-refractivity contribution < 1.29 is 4.74 Å². The van der Waals surface area contributed by atoms with E-state index in [1.165, 1.54) is 51.4 Å². The van der Waals surface area contributed by atoms with Crippen molar-refractivity contribution in [1.82, 2.24) is 5.43 Å². The monoisotopic (exact) mass is 226 g/mol. The van der Waals surface area contributed by atoms with E-state index < -0.39 is 0 Å². The quantitative estimate of drug-likeness (QED) is 0.398. The fourth-order valence-corrected chi connectivity index (χ4v) is 3.31. The largest absolute Gasteiger partial charge is 0.375 e. The number of rotatable bonds is 7. The molecule has 94 valence electrons. The van der Waals surface area contributed by atoms with Crippen LogP contribution in [0.1, 0.15) is 58.3 Å². The van der Waals surface area contributed by atoms with Crippen LogP contribution in [0.5, 0.6) is 0 Å². The Balaban J connectivity index is 1.72. The van der Waals surface area contributed by atoms with E-state index in [1.54, 1.807) is 0 Å². The first-order valence-electron chi connectivity index (χ1n) is 6.96. The van der Waals surface area contributed by atoms with Crippen LogP contribution in [0.2, 0.25) is 0 Å². The molecule has 0 spiro atoms. The number of nitrogens with two attached hydrogens (primary N) is 1. The molecule has 0 saturated carbocycles. The Morgan fingerprint density at radius 1 is 1.31 bits per heavy atom. The van der Waals surface area contributed by atoms with Crippen LogP contribution in [0.4, 0.5) is 0 Å². The normalized spacial score (nSPS) is 34.5. The molecule has 16 heavy (non-hydrogen) atoms. The number of unbranched alkanes of at least 4 members (excludes halogenated alkanes) is 3. The second-order valence-electron chi connectivity index (χ2n) is 5.40. The van der Waals surface area contributed by atoms with Crippen molar-refractivity contribution in [2.24, 2.45) is 11.8 Å². The molecule has 0 amide bonds. The number of fused-ring (bicyclic) bond motifs is 2. The van der Waals surface area contributed by atoms with E-state index in [9.17, 15) is 0 Å². The van der Waals surface area contributed by atoms with E-state index in [1.807, 2.05) is 0 Å². The number of hydrogen-bond acceptors (Lipinski definition) is 3. The summed E-state index contributed by atoms with van der Waals surface area (Å²) in [6.07, 6.45) is 11.3. The van der Waals surface area contributed by atoms with Gasteiger partial charge in [-0.25, -0.2) is 0 Å². The Bertz CT molecular complexity index is 210. The first-order chi connectivity index (χ1) is 7.85. The Morgan fingerprint density at radius 3 is 2.75 bits per heavy atom. The molecule has 2 saturated heterocycles. The summed E-state index contributed by atoms with van der Waals surface area (Å²) < 4.78 is 5.90. The summed E-state index contributed by atoms with van der Waals surface area (Å²) in [6.45, 7) is 2.25. The second-order valence-corrected chi connectivity index (χ2v) is 5.40. The Kier molecular flexibility index (Phi) is 4.62. The Labute approximate surface area is 99.1 Å². The van der Waals surface area contributed by atoms with Gasteiger partial charge >= 0.3 is 0 Å². The van der Waals surface area contributed by atoms with Crippen molar-refractivity contribution in [2.75, 3.05) is 0 Å². The molecule has 2 fully saturated rings. The average molecular weight is 226 g/mol. The third-order valence-corrected chi connectivity index (χ3v) is 4.25. The SMILES string of the molecule is CCCCCCC(NN)C1CC2CCC1O2. The van der Waals surface area contributed by atoms with Gasteiger partial charge in [0.1, 0.15) is 0 Å². The van der Waals surface area contributed by atoms with Gasteiger partial charge in [-0.1, -0.05) is 32.6 Å². The van der Waals surface area contributed by atoms with E-state index in [2.05, 4.69) is 12.3 Å². The van der Waals surface area contributed by atoms with Gasteiger partial charge in [0.15, 0.2) is 0 Å². The van der Waals surface area contributed by atoms with Crippen molar-refractivity contribution in [1.29, 1.82) is 0 Å². The third kappa shape index (κ3) is 2.76. The maximum atomic E-state index is 5.90. The lowest BCUT2D eigenvalue weighted by molar-refractivity contribution is 0.0847. The predicted octanol–water partition coefficient (Wildman–Crippen LogP) is 2.36. The number of nitrogens with one attached hydrogen (secondary N) is 1. The molecule has 0 aliphatic carbocycles. The highest BCUT2D eigenvalue weighted by molar-refractivity contribution is 4.94. The molecule has 2 heterocycles. The maximum absolute atomic E-state index is 5.90. The summed E-state index contributed by atoms with van der Waals surface area (Å²) in [7, 11) is 0. The molecule has 2 rings (SSSR count). The summed E-state index contributed by atoms with van der Waals surface area (Å²) in [5, 5.41) is 0. The van der Waals surface area contributed by atoms with Crippen LogP contribution in [0.15, 0.2) is 0 Å². The van der Waals surface area contributed by atoms with Crippen molar-refractivity contribution >= 4 is 0 Å². The Hall–Kier alpha value is -0.120. The first-order valence-corrected chi connectivity index (χ1v) is 6.96. The smallest absolute Gasteiger partial charge is 0.0624 e. The van der Waals surface area contributed by atoms with Crippen LogP contribution in [0, 0.1) is 5.92 Å². The van der Waals surface area contributed by atoms with Gasteiger partial charge in [0.25, 0.3) is 0 Å². The van der Waals surface area contributed by atoms with E-state index in [4.69, 9.17) is 10.6 Å². The van der Waals surface area contributed by atoms with Gasteiger partial charge in [0, 0.05) is 12.0 Å². The minimum atomic E-state index is 0.479. The minimum Gasteiger partial charge on any atom is -0.375 e. The second kappa shape index (κ2) is 5.99. The lowest BCUT2D eigenvalue weighted by atomic mass is 9.82. The standard InChI is InChI=1S/C13H26N2O/c1-2-3-4-5-6-12(15-14)11-9-10-7-8-13(11)16-10/h10-13,15H,2-9,14H2,1H3. The topological polar surface area (TPSA) is 47.3 Å². The maximum Gasteiger partial charge on any atom is 0.0624 e. The molecule has 3 nitrogen and oxygen atoms in total. The summed E-state index contributed by atoms with van der Waals surface area (Å²) >= 11 is 0. The molecule has 3 N–H and O–H groups in total. The number of hydrogen-bond donors (Lipinski definition) is 2. The zero-order chi connectivity index (χ0) is 11.4. The highest BCUT2D eigenvalue weighted by Crippen LogP contribution is 2.41. The molecule has 0 aromatic heterocycles. The first kappa shape index (κ1) is 12.3. The van der Waals surface area contributed by atoms with Gasteiger partial charge in [0.05, 0.1) is 12.2 Å². The van der Waals surface area contributed by atoms with Crippen LogP contribution in [0.3, 0.4) is 0 Å². The van der Waals surface area contributed by atoms with Gasteiger partial charge in [-0.2, -0.15) is 0 Å². The summed E-state index contributed by atoms with van der Waals surface area (Å²) in [4.78, 5) is 0. The van der Waals surface area contributed by atoms with Crippen LogP contribution >= 0.6 is 0 Å². The zero-order valence-corrected chi connectivity index (χ0v) is 10.5. The molecular weight excluding hydrogens is 200 g/mol. The van der Waals surface area contributed by atoms with Gasteiger partial charge < -0.3 is 4.74 Å². The van der Waals surface area contributed by atoms with Crippen molar-refractivity contribution in [2.45, 2.75) is 76.5 Å². The van der Waals surface area contributed by atoms with E-state index in [-0.39, 0.29) is 0 Å². The lowest BCUT2D eigenvalue weighted by Gasteiger charge is -2.27. The molecule has 0 aromatic rings. The molecule has 0 radical (unpaired) electrons. The van der Waals surface area contributed by atoms with E-state index in [0.717, 1.165) is 0 Å². The van der Waals surface area contributed by atoms with Gasteiger partial charge in [0.2, 0.25) is 0 Å². The van der Waals surface area contributed by atoms with Crippen LogP contribution in [-0.4, -0.2) is 18.2 Å². The molecule has 0 aromatic carbocycles. The fraction of sp³-hybridized carbons (Fsp3) is 1.00. The van der Waals surface area contributed by atoms with Crippen LogP contribution in [-0.2, 0) is 4.74 Å². The number of hydrazine groups is 1. The van der Waals surface area contributed by atoms with Crippen LogP contribution in [0.25, 0.3) is 0 Å². The van der Waals surface area contributed by atoms with Gasteiger partial charge in [-0.05, 0) is 25.7 Å². The zero-order valence-electron chi connectivity index (χ0n) is 10.5. The van der Waals surface area contributed by atoms with E-state index in [0.29, 0.717) is 24.2 Å². The predicted molar refractivity (Wildman–Crippen MR) is 65.9 cm³/mol. The molecule has 3 heteroatoms. The highest BCUT2D eigenvalue weighted by atomic mass is 16.5. The third-order valence-electron chi connectivity index (χ3n) is 4.25. The minimum absolute atomic E-state index is 0.479. The van der Waals surface area contributed by atoms with Crippen molar-refractivity contribution in [3.8, 4) is 0 Å². The summed E-state index contributed by atoms with van der Waals surface area (Å²) in [6, 6.07) is 0.479. The van der Waals surface area contributed by atoms with Gasteiger partial charge in [-0.3, -0.25) is 11.3 Å². The van der Waals surface area contributed by atoms with Crippen molar-refractivity contribution in [3.63, 3.8) is 0 Å². The van der Waals surface area contributed by atoms with Gasteiger partial charge in [-0.15, -0.1) is 0 Å². The Morgan fingerprint density at radius 2 is 2.19 bits per heavy atom. The molecule has 2 bridgehead atoms. The summed E-state index contributed by atoms with van der Waals surface area (Å²) in [5.41, 5.74) is 3.03.